The molecule has 4 rings (SSSR count). The number of fused-ring (bicyclic) bond motifs is 6. The largest absolute Gasteiger partial charge is 0.504 e. The SMILES string of the molecule is CCCCCCCCCCOc1cc2c3cc(O)c(O)cc3c3cc(OCCCCCCCCCC)c(OCCCCCCCCCC)cc3c2cc1OCCCCCCCCCC. The zero-order chi connectivity index (χ0) is 45.5. The third-order valence-corrected chi connectivity index (χ3v) is 13.2. The predicted molar refractivity (Wildman–Crippen MR) is 275 cm³/mol. The highest BCUT2D eigenvalue weighted by atomic mass is 16.5. The Hall–Kier alpha value is -3.54. The third kappa shape index (κ3) is 19.1. The molecule has 0 heterocycles. The Morgan fingerprint density at radius 2 is 0.422 bits per heavy atom. The molecular formula is C58H92O6. The molecule has 64 heavy (non-hydrogen) atoms. The van der Waals surface area contributed by atoms with Crippen molar-refractivity contribution in [2.75, 3.05) is 26.4 Å². The highest BCUT2D eigenvalue weighted by molar-refractivity contribution is 6.26. The quantitative estimate of drug-likeness (QED) is 0.0263. The summed E-state index contributed by atoms with van der Waals surface area (Å²) < 4.78 is 26.5. The number of hydrogen-bond acceptors (Lipinski definition) is 6. The van der Waals surface area contributed by atoms with Crippen LogP contribution in [0.1, 0.15) is 233 Å². The summed E-state index contributed by atoms with van der Waals surface area (Å²) >= 11 is 0. The standard InChI is InChI=1S/C58H92O6/c1-5-9-13-17-21-25-29-33-37-61-55-43-49-47-41-53(59)54(60)42-48(47)50-44-56(62-38-34-30-26-22-18-14-10-6-2)58(64-40-36-32-28-24-20-16-12-8-4)46-52(50)51(49)45-57(55)63-39-35-31-27-23-19-15-11-7-3/h41-46,59-60H,5-40H2,1-4H3. The zero-order valence-corrected chi connectivity index (χ0v) is 41.4. The molecule has 0 bridgehead atoms. The van der Waals surface area contributed by atoms with E-state index < -0.39 is 0 Å². The lowest BCUT2D eigenvalue weighted by Crippen LogP contribution is -2.04. The van der Waals surface area contributed by atoms with Gasteiger partial charge in [-0.1, -0.05) is 207 Å². The van der Waals surface area contributed by atoms with E-state index in [1.165, 1.54) is 154 Å². The van der Waals surface area contributed by atoms with Crippen molar-refractivity contribution >= 4 is 32.3 Å². The van der Waals surface area contributed by atoms with Gasteiger partial charge in [-0.2, -0.15) is 0 Å². The molecule has 0 saturated carbocycles. The first-order chi connectivity index (χ1) is 31.5. The monoisotopic (exact) mass is 885 g/mol. The maximum absolute atomic E-state index is 10.9. The van der Waals surface area contributed by atoms with E-state index >= 15 is 0 Å². The number of ether oxygens (including phenoxy) is 4. The number of hydrogen-bond donors (Lipinski definition) is 2. The Kier molecular flexibility index (Phi) is 27.4. The molecule has 4 aromatic carbocycles. The maximum atomic E-state index is 10.9. The van der Waals surface area contributed by atoms with Crippen LogP contribution < -0.4 is 18.9 Å². The molecule has 0 aliphatic rings. The fourth-order valence-electron chi connectivity index (χ4n) is 9.16. The van der Waals surface area contributed by atoms with E-state index in [9.17, 15) is 10.2 Å². The van der Waals surface area contributed by atoms with Crippen LogP contribution in [0.25, 0.3) is 32.3 Å². The Balaban J connectivity index is 1.65. The topological polar surface area (TPSA) is 77.4 Å². The highest BCUT2D eigenvalue weighted by Gasteiger charge is 2.19. The van der Waals surface area contributed by atoms with Crippen LogP contribution in [0, 0.1) is 0 Å². The van der Waals surface area contributed by atoms with Crippen LogP contribution in [0.15, 0.2) is 36.4 Å². The molecule has 360 valence electrons. The molecule has 2 N–H and O–H groups in total. The second kappa shape index (κ2) is 33.0. The molecule has 4 aromatic rings. The van der Waals surface area contributed by atoms with Crippen molar-refractivity contribution in [2.45, 2.75) is 233 Å². The van der Waals surface area contributed by atoms with Crippen molar-refractivity contribution in [3.05, 3.63) is 36.4 Å². The molecule has 6 heteroatoms. The molecule has 6 nitrogen and oxygen atoms in total. The van der Waals surface area contributed by atoms with Crippen LogP contribution >= 0.6 is 0 Å². The number of rotatable bonds is 40. The van der Waals surface area contributed by atoms with Crippen LogP contribution in [0.3, 0.4) is 0 Å². The lowest BCUT2D eigenvalue weighted by molar-refractivity contribution is 0.258. The van der Waals surface area contributed by atoms with Crippen molar-refractivity contribution in [1.82, 2.24) is 0 Å². The van der Waals surface area contributed by atoms with E-state index in [4.69, 9.17) is 18.9 Å². The van der Waals surface area contributed by atoms with E-state index in [0.29, 0.717) is 26.4 Å². The molecule has 0 aliphatic carbocycles. The normalized spacial score (nSPS) is 11.6. The maximum Gasteiger partial charge on any atom is 0.161 e. The van der Waals surface area contributed by atoms with Gasteiger partial charge in [0.15, 0.2) is 34.5 Å². The van der Waals surface area contributed by atoms with Crippen molar-refractivity contribution in [3.8, 4) is 34.5 Å². The van der Waals surface area contributed by atoms with E-state index in [0.717, 1.165) is 107 Å². The zero-order valence-electron chi connectivity index (χ0n) is 41.4. The first kappa shape index (κ1) is 53.1. The number of phenolic OH excluding ortho intramolecular Hbond substituents is 2. The summed E-state index contributed by atoms with van der Waals surface area (Å²) in [6.07, 6.45) is 39.8. The molecule has 0 amide bonds. The Morgan fingerprint density at radius 3 is 0.625 bits per heavy atom. The summed E-state index contributed by atoms with van der Waals surface area (Å²) in [4.78, 5) is 0. The second-order valence-corrected chi connectivity index (χ2v) is 18.9. The Bertz CT molecular complexity index is 1700. The summed E-state index contributed by atoms with van der Waals surface area (Å²) in [5, 5.41) is 27.5. The molecule has 0 spiro atoms. The van der Waals surface area contributed by atoms with Gasteiger partial charge < -0.3 is 29.2 Å². The van der Waals surface area contributed by atoms with Gasteiger partial charge in [0.25, 0.3) is 0 Å². The van der Waals surface area contributed by atoms with Crippen molar-refractivity contribution in [1.29, 1.82) is 0 Å². The van der Waals surface area contributed by atoms with Gasteiger partial charge in [0.05, 0.1) is 26.4 Å². The molecule has 0 unspecified atom stereocenters. The second-order valence-electron chi connectivity index (χ2n) is 18.9. The molecule has 0 radical (unpaired) electrons. The first-order valence-electron chi connectivity index (χ1n) is 27.0. The van der Waals surface area contributed by atoms with Gasteiger partial charge in [-0.05, 0) is 94.4 Å². The van der Waals surface area contributed by atoms with Crippen LogP contribution in [0.4, 0.5) is 0 Å². The lowest BCUT2D eigenvalue weighted by Gasteiger charge is -2.19. The number of benzene rings is 4. The van der Waals surface area contributed by atoms with E-state index in [1.807, 2.05) is 0 Å². The molecule has 0 aliphatic heterocycles. The van der Waals surface area contributed by atoms with Crippen LogP contribution in [-0.2, 0) is 0 Å². The average Bonchev–Trinajstić information content (AvgIpc) is 3.30. The van der Waals surface area contributed by atoms with Crippen LogP contribution in [0.2, 0.25) is 0 Å². The third-order valence-electron chi connectivity index (χ3n) is 13.2. The molecule has 0 aromatic heterocycles. The fourth-order valence-corrected chi connectivity index (χ4v) is 9.16. The fraction of sp³-hybridized carbons (Fsp3) is 0.690. The van der Waals surface area contributed by atoms with Gasteiger partial charge in [-0.3, -0.25) is 0 Å². The minimum atomic E-state index is -0.138. The summed E-state index contributed by atoms with van der Waals surface area (Å²) in [5.41, 5.74) is 0. The molecule has 0 saturated heterocycles. The van der Waals surface area contributed by atoms with E-state index in [1.54, 1.807) is 12.1 Å². The summed E-state index contributed by atoms with van der Waals surface area (Å²) in [6.45, 7) is 11.6. The average molecular weight is 885 g/mol. The summed E-state index contributed by atoms with van der Waals surface area (Å²) in [7, 11) is 0. The van der Waals surface area contributed by atoms with Crippen molar-refractivity contribution in [2.24, 2.45) is 0 Å². The minimum Gasteiger partial charge on any atom is -0.504 e. The number of unbranched alkanes of at least 4 members (excludes halogenated alkanes) is 28. The van der Waals surface area contributed by atoms with Gasteiger partial charge in [-0.25, -0.2) is 0 Å². The number of aromatic hydroxyl groups is 2. The lowest BCUT2D eigenvalue weighted by atomic mass is 9.93. The highest BCUT2D eigenvalue weighted by Crippen LogP contribution is 2.47. The van der Waals surface area contributed by atoms with Crippen LogP contribution in [0.5, 0.6) is 34.5 Å². The van der Waals surface area contributed by atoms with Crippen molar-refractivity contribution < 1.29 is 29.2 Å². The van der Waals surface area contributed by atoms with Gasteiger partial charge in [0.2, 0.25) is 0 Å². The minimum absolute atomic E-state index is 0.138. The first-order valence-corrected chi connectivity index (χ1v) is 27.0. The van der Waals surface area contributed by atoms with E-state index in [2.05, 4.69) is 52.0 Å². The van der Waals surface area contributed by atoms with Gasteiger partial charge in [0, 0.05) is 0 Å². The summed E-state index contributed by atoms with van der Waals surface area (Å²) in [6, 6.07) is 11.9. The van der Waals surface area contributed by atoms with Gasteiger partial charge in [-0.15, -0.1) is 0 Å². The van der Waals surface area contributed by atoms with Crippen molar-refractivity contribution in [3.63, 3.8) is 0 Å². The van der Waals surface area contributed by atoms with E-state index in [-0.39, 0.29) is 11.5 Å². The Labute approximate surface area is 390 Å². The van der Waals surface area contributed by atoms with Crippen LogP contribution in [-0.4, -0.2) is 36.6 Å². The molecular weight excluding hydrogens is 793 g/mol. The van der Waals surface area contributed by atoms with Gasteiger partial charge >= 0.3 is 0 Å². The van der Waals surface area contributed by atoms with Gasteiger partial charge in [0.1, 0.15) is 0 Å². The number of phenols is 2. The Morgan fingerprint density at radius 1 is 0.250 bits per heavy atom. The molecule has 0 fully saturated rings. The molecule has 0 atom stereocenters. The predicted octanol–water partition coefficient (Wildman–Crippen LogP) is 18.6. The summed E-state index contributed by atoms with van der Waals surface area (Å²) in [5.74, 6) is 2.71. The smallest absolute Gasteiger partial charge is 0.161 e.